The summed E-state index contributed by atoms with van der Waals surface area (Å²) in [5.74, 6) is 0.510. The van der Waals surface area contributed by atoms with E-state index in [4.69, 9.17) is 0 Å². The van der Waals surface area contributed by atoms with E-state index in [0.29, 0.717) is 11.0 Å². The van der Waals surface area contributed by atoms with E-state index in [1.807, 2.05) is 6.26 Å². The van der Waals surface area contributed by atoms with Crippen molar-refractivity contribution in [3.05, 3.63) is 33.8 Å². The largest absolute Gasteiger partial charge is 0.416 e. The average molecular weight is 370 g/mol. The van der Waals surface area contributed by atoms with Gasteiger partial charge in [-0.05, 0) is 59.0 Å². The van der Waals surface area contributed by atoms with Crippen LogP contribution in [-0.2, 0) is 6.18 Å². The van der Waals surface area contributed by atoms with E-state index in [1.165, 1.54) is 6.07 Å². The van der Waals surface area contributed by atoms with Crippen LogP contribution < -0.4 is 5.32 Å². The molecule has 0 fully saturated rings. The number of hydrogen-bond donors (Lipinski definition) is 1. The second-order valence-electron chi connectivity index (χ2n) is 4.15. The number of benzene rings is 1. The maximum Gasteiger partial charge on any atom is 0.416 e. The minimum atomic E-state index is -4.45. The second kappa shape index (κ2) is 7.93. The Balaban J connectivity index is 2.67. The molecule has 0 aliphatic rings. The molecule has 0 spiro atoms. The zero-order valence-electron chi connectivity index (χ0n) is 10.9. The van der Waals surface area contributed by atoms with Crippen molar-refractivity contribution in [3.8, 4) is 0 Å². The van der Waals surface area contributed by atoms with Crippen molar-refractivity contribution in [2.45, 2.75) is 19.0 Å². The number of halogens is 4. The molecule has 0 saturated heterocycles. The van der Waals surface area contributed by atoms with Crippen LogP contribution in [0.1, 0.15) is 28.8 Å². The van der Waals surface area contributed by atoms with E-state index in [0.717, 1.165) is 30.7 Å². The van der Waals surface area contributed by atoms with E-state index >= 15 is 0 Å². The second-order valence-corrected chi connectivity index (χ2v) is 5.99. The normalized spacial score (nSPS) is 11.4. The lowest BCUT2D eigenvalue weighted by atomic mass is 10.1. The molecule has 1 N–H and O–H groups in total. The Morgan fingerprint density at radius 3 is 2.65 bits per heavy atom. The van der Waals surface area contributed by atoms with Crippen LogP contribution in [0, 0.1) is 0 Å². The van der Waals surface area contributed by atoms with Crippen LogP contribution in [0.5, 0.6) is 0 Å². The van der Waals surface area contributed by atoms with Crippen molar-refractivity contribution in [3.63, 3.8) is 0 Å². The molecule has 0 saturated carbocycles. The first-order chi connectivity index (χ1) is 9.36. The van der Waals surface area contributed by atoms with E-state index < -0.39 is 17.6 Å². The SMILES string of the molecule is CSCCCCNC(=O)c1cc(C(F)(F)F)ccc1Br. The van der Waals surface area contributed by atoms with Crippen LogP contribution in [0.4, 0.5) is 13.2 Å². The molecular formula is C13H15BrF3NOS. The Morgan fingerprint density at radius 2 is 2.05 bits per heavy atom. The number of nitrogens with one attached hydrogen (secondary N) is 1. The van der Waals surface area contributed by atoms with Crippen LogP contribution in [-0.4, -0.2) is 24.5 Å². The molecule has 1 aromatic carbocycles. The zero-order valence-corrected chi connectivity index (χ0v) is 13.3. The maximum atomic E-state index is 12.6. The van der Waals surface area contributed by atoms with Gasteiger partial charge in [0.05, 0.1) is 11.1 Å². The fourth-order valence-electron chi connectivity index (χ4n) is 1.54. The van der Waals surface area contributed by atoms with Gasteiger partial charge >= 0.3 is 6.18 Å². The molecule has 0 atom stereocenters. The first kappa shape index (κ1) is 17.4. The van der Waals surface area contributed by atoms with Crippen molar-refractivity contribution >= 4 is 33.6 Å². The molecule has 0 aliphatic heterocycles. The highest BCUT2D eigenvalue weighted by atomic mass is 79.9. The molecule has 2 nitrogen and oxygen atoms in total. The molecule has 112 valence electrons. The van der Waals surface area contributed by atoms with Gasteiger partial charge in [0.15, 0.2) is 0 Å². The number of carbonyl (C=O) groups excluding carboxylic acids is 1. The first-order valence-corrected chi connectivity index (χ1v) is 8.19. The zero-order chi connectivity index (χ0) is 15.2. The van der Waals surface area contributed by atoms with Gasteiger partial charge in [-0.15, -0.1) is 0 Å². The third-order valence-electron chi connectivity index (χ3n) is 2.60. The molecule has 1 rings (SSSR count). The molecule has 7 heteroatoms. The predicted octanol–water partition coefficient (Wildman–Crippen LogP) is 4.34. The molecule has 0 aromatic heterocycles. The predicted molar refractivity (Wildman–Crippen MR) is 79.1 cm³/mol. The number of rotatable bonds is 6. The third kappa shape index (κ3) is 5.36. The van der Waals surface area contributed by atoms with Crippen molar-refractivity contribution < 1.29 is 18.0 Å². The molecule has 0 radical (unpaired) electrons. The molecule has 0 unspecified atom stereocenters. The van der Waals surface area contributed by atoms with E-state index in [9.17, 15) is 18.0 Å². The summed E-state index contributed by atoms with van der Waals surface area (Å²) in [6.07, 6.45) is -0.680. The number of thioether (sulfide) groups is 1. The fourth-order valence-corrected chi connectivity index (χ4v) is 2.46. The maximum absolute atomic E-state index is 12.6. The quantitative estimate of drug-likeness (QED) is 0.755. The number of alkyl halides is 3. The lowest BCUT2D eigenvalue weighted by Crippen LogP contribution is -2.25. The lowest BCUT2D eigenvalue weighted by Gasteiger charge is -2.11. The average Bonchev–Trinajstić information content (AvgIpc) is 2.37. The number of carbonyl (C=O) groups is 1. The first-order valence-electron chi connectivity index (χ1n) is 6.00. The van der Waals surface area contributed by atoms with Crippen molar-refractivity contribution in [1.82, 2.24) is 5.32 Å². The molecule has 1 amide bonds. The Kier molecular flexibility index (Phi) is 6.88. The number of amides is 1. The van der Waals surface area contributed by atoms with Gasteiger partial charge in [-0.25, -0.2) is 0 Å². The van der Waals surface area contributed by atoms with Crippen LogP contribution in [0.3, 0.4) is 0 Å². The third-order valence-corrected chi connectivity index (χ3v) is 3.99. The molecule has 0 bridgehead atoms. The minimum absolute atomic E-state index is 0.00434. The Morgan fingerprint density at radius 1 is 1.35 bits per heavy atom. The molecule has 1 aromatic rings. The van der Waals surface area contributed by atoms with Crippen LogP contribution >= 0.6 is 27.7 Å². The minimum Gasteiger partial charge on any atom is -0.352 e. The highest BCUT2D eigenvalue weighted by Crippen LogP contribution is 2.31. The lowest BCUT2D eigenvalue weighted by molar-refractivity contribution is -0.137. The highest BCUT2D eigenvalue weighted by molar-refractivity contribution is 9.10. The Labute approximate surface area is 128 Å². The summed E-state index contributed by atoms with van der Waals surface area (Å²) in [5.41, 5.74) is -0.821. The Bertz CT molecular complexity index is 465. The molecule has 20 heavy (non-hydrogen) atoms. The van der Waals surface area contributed by atoms with E-state index in [1.54, 1.807) is 11.8 Å². The smallest absolute Gasteiger partial charge is 0.352 e. The van der Waals surface area contributed by atoms with Crippen molar-refractivity contribution in [1.29, 1.82) is 0 Å². The van der Waals surface area contributed by atoms with Gasteiger partial charge < -0.3 is 5.32 Å². The van der Waals surface area contributed by atoms with Crippen molar-refractivity contribution in [2.75, 3.05) is 18.6 Å². The van der Waals surface area contributed by atoms with Gasteiger partial charge in [0.1, 0.15) is 0 Å². The van der Waals surface area contributed by atoms with Crippen LogP contribution in [0.25, 0.3) is 0 Å². The molecule has 0 aliphatic carbocycles. The van der Waals surface area contributed by atoms with Gasteiger partial charge in [0.25, 0.3) is 5.91 Å². The summed E-state index contributed by atoms with van der Waals surface area (Å²) in [4.78, 5) is 11.9. The highest BCUT2D eigenvalue weighted by Gasteiger charge is 2.31. The summed E-state index contributed by atoms with van der Waals surface area (Å²) in [5, 5.41) is 2.63. The standard InChI is InChI=1S/C13H15BrF3NOS/c1-20-7-3-2-6-18-12(19)10-8-9(13(15,16)17)4-5-11(10)14/h4-5,8H,2-3,6-7H2,1H3,(H,18,19). The fraction of sp³-hybridized carbons (Fsp3) is 0.462. The van der Waals surface area contributed by atoms with Crippen LogP contribution in [0.2, 0.25) is 0 Å². The van der Waals surface area contributed by atoms with Gasteiger partial charge in [0.2, 0.25) is 0 Å². The summed E-state index contributed by atoms with van der Waals surface area (Å²) in [7, 11) is 0. The monoisotopic (exact) mass is 369 g/mol. The van der Waals surface area contributed by atoms with Gasteiger partial charge in [0, 0.05) is 11.0 Å². The van der Waals surface area contributed by atoms with E-state index in [-0.39, 0.29) is 5.56 Å². The van der Waals surface area contributed by atoms with Gasteiger partial charge in [-0.2, -0.15) is 24.9 Å². The number of unbranched alkanes of at least 4 members (excludes halogenated alkanes) is 1. The van der Waals surface area contributed by atoms with Gasteiger partial charge in [-0.3, -0.25) is 4.79 Å². The summed E-state index contributed by atoms with van der Waals surface area (Å²) >= 11 is 4.82. The van der Waals surface area contributed by atoms with Gasteiger partial charge in [-0.1, -0.05) is 0 Å². The summed E-state index contributed by atoms with van der Waals surface area (Å²) < 4.78 is 38.2. The van der Waals surface area contributed by atoms with Crippen molar-refractivity contribution in [2.24, 2.45) is 0 Å². The van der Waals surface area contributed by atoms with Crippen LogP contribution in [0.15, 0.2) is 22.7 Å². The molecule has 0 heterocycles. The number of hydrogen-bond acceptors (Lipinski definition) is 2. The topological polar surface area (TPSA) is 29.1 Å². The van der Waals surface area contributed by atoms with E-state index in [2.05, 4.69) is 21.2 Å². The Hall–Kier alpha value is -0.690. The summed E-state index contributed by atoms with van der Waals surface area (Å²) in [6, 6.07) is 3.05. The summed E-state index contributed by atoms with van der Waals surface area (Å²) in [6.45, 7) is 0.460. The molecular weight excluding hydrogens is 355 g/mol.